The van der Waals surface area contributed by atoms with Crippen LogP contribution < -0.4 is 10.5 Å². The van der Waals surface area contributed by atoms with E-state index in [1.165, 1.54) is 5.56 Å². The third-order valence-corrected chi connectivity index (χ3v) is 2.96. The first-order chi connectivity index (χ1) is 8.29. The molecule has 0 fully saturated rings. The summed E-state index contributed by atoms with van der Waals surface area (Å²) in [6.07, 6.45) is 0. The highest BCUT2D eigenvalue weighted by molar-refractivity contribution is 5.74. The van der Waals surface area contributed by atoms with Crippen molar-refractivity contribution in [3.05, 3.63) is 29.3 Å². The Morgan fingerprint density at radius 3 is 3.00 bits per heavy atom. The lowest BCUT2D eigenvalue weighted by molar-refractivity contribution is 0.134. The quantitative estimate of drug-likeness (QED) is 0.825. The number of H-pyrrole nitrogens is 1. The largest absolute Gasteiger partial charge is 0.496 e. The van der Waals surface area contributed by atoms with Crippen molar-refractivity contribution in [2.75, 3.05) is 12.8 Å². The van der Waals surface area contributed by atoms with Crippen molar-refractivity contribution in [1.29, 1.82) is 0 Å². The summed E-state index contributed by atoms with van der Waals surface area (Å²) in [4.78, 5) is 0. The zero-order chi connectivity index (χ0) is 11.8. The average Bonchev–Trinajstić information content (AvgIpc) is 2.95. The van der Waals surface area contributed by atoms with Gasteiger partial charge in [0.2, 0.25) is 0 Å². The van der Waals surface area contributed by atoms with Gasteiger partial charge in [0, 0.05) is 11.6 Å². The predicted octanol–water partition coefficient (Wildman–Crippen LogP) is 1.70. The molecule has 1 aromatic carbocycles. The minimum Gasteiger partial charge on any atom is -0.496 e. The van der Waals surface area contributed by atoms with Gasteiger partial charge in [-0.05, 0) is 17.2 Å². The van der Waals surface area contributed by atoms with Gasteiger partial charge in [-0.2, -0.15) is 5.10 Å². The first-order valence-corrected chi connectivity index (χ1v) is 5.37. The van der Waals surface area contributed by atoms with Crippen molar-refractivity contribution in [3.63, 3.8) is 0 Å². The predicted molar refractivity (Wildman–Crippen MR) is 63.5 cm³/mol. The van der Waals surface area contributed by atoms with E-state index in [9.17, 15) is 0 Å². The molecule has 3 N–H and O–H groups in total. The lowest BCUT2D eigenvalue weighted by Crippen LogP contribution is -1.94. The van der Waals surface area contributed by atoms with Gasteiger partial charge in [0.25, 0.3) is 0 Å². The number of aromatic nitrogens is 2. The molecular formula is C12H13N3O2. The van der Waals surface area contributed by atoms with E-state index in [-0.39, 0.29) is 0 Å². The second-order valence-corrected chi connectivity index (χ2v) is 3.98. The first-order valence-electron chi connectivity index (χ1n) is 5.37. The van der Waals surface area contributed by atoms with Crippen molar-refractivity contribution in [2.24, 2.45) is 0 Å². The molecule has 0 aliphatic carbocycles. The summed E-state index contributed by atoms with van der Waals surface area (Å²) in [6.45, 7) is 1.25. The van der Waals surface area contributed by atoms with Gasteiger partial charge in [-0.1, -0.05) is 6.07 Å². The number of hydrogen-bond acceptors (Lipinski definition) is 4. The minimum atomic E-state index is 0.471. The molecule has 1 aliphatic rings. The standard InChI is InChI=1S/C12H13N3O2/c1-16-10-3-2-7-5-17-6-8(7)12(10)9-4-11(13)15-14-9/h2-4H,5-6H2,1H3,(H3,13,14,15). The number of aromatic amines is 1. The molecule has 0 radical (unpaired) electrons. The Balaban J connectivity index is 2.23. The molecular weight excluding hydrogens is 218 g/mol. The van der Waals surface area contributed by atoms with Crippen LogP contribution in [0, 0.1) is 0 Å². The monoisotopic (exact) mass is 231 g/mol. The fourth-order valence-corrected chi connectivity index (χ4v) is 2.16. The zero-order valence-corrected chi connectivity index (χ0v) is 9.49. The molecule has 0 atom stereocenters. The van der Waals surface area contributed by atoms with Crippen LogP contribution in [0.15, 0.2) is 18.2 Å². The van der Waals surface area contributed by atoms with Crippen LogP contribution in [0.4, 0.5) is 5.82 Å². The molecule has 0 saturated heterocycles. The van der Waals surface area contributed by atoms with Crippen LogP contribution in [-0.2, 0) is 18.0 Å². The summed E-state index contributed by atoms with van der Waals surface area (Å²) < 4.78 is 10.9. The van der Waals surface area contributed by atoms with Crippen molar-refractivity contribution in [1.82, 2.24) is 10.2 Å². The Morgan fingerprint density at radius 1 is 1.41 bits per heavy atom. The number of hydrogen-bond donors (Lipinski definition) is 2. The van der Waals surface area contributed by atoms with Gasteiger partial charge in [0.05, 0.1) is 26.0 Å². The molecule has 88 valence electrons. The molecule has 17 heavy (non-hydrogen) atoms. The number of benzene rings is 1. The van der Waals surface area contributed by atoms with Crippen molar-refractivity contribution in [2.45, 2.75) is 13.2 Å². The second-order valence-electron chi connectivity index (χ2n) is 3.98. The molecule has 0 unspecified atom stereocenters. The van der Waals surface area contributed by atoms with E-state index in [2.05, 4.69) is 10.2 Å². The summed E-state index contributed by atoms with van der Waals surface area (Å²) >= 11 is 0. The van der Waals surface area contributed by atoms with Gasteiger partial charge in [-0.3, -0.25) is 5.10 Å². The van der Waals surface area contributed by atoms with Gasteiger partial charge < -0.3 is 15.2 Å². The molecule has 0 amide bonds. The van der Waals surface area contributed by atoms with E-state index in [1.54, 1.807) is 13.2 Å². The molecule has 5 nitrogen and oxygen atoms in total. The smallest absolute Gasteiger partial charge is 0.145 e. The van der Waals surface area contributed by atoms with E-state index in [0.717, 1.165) is 22.6 Å². The second kappa shape index (κ2) is 3.78. The van der Waals surface area contributed by atoms with E-state index >= 15 is 0 Å². The molecule has 2 heterocycles. The topological polar surface area (TPSA) is 73.2 Å². The average molecular weight is 231 g/mol. The molecule has 1 aromatic heterocycles. The Hall–Kier alpha value is -2.01. The summed E-state index contributed by atoms with van der Waals surface area (Å²) in [5.41, 5.74) is 9.83. The van der Waals surface area contributed by atoms with Crippen molar-refractivity contribution < 1.29 is 9.47 Å². The highest BCUT2D eigenvalue weighted by Crippen LogP contribution is 2.38. The Morgan fingerprint density at radius 2 is 2.29 bits per heavy atom. The number of anilines is 1. The minimum absolute atomic E-state index is 0.471. The summed E-state index contributed by atoms with van der Waals surface area (Å²) in [6, 6.07) is 5.78. The van der Waals surface area contributed by atoms with Crippen LogP contribution in [0.1, 0.15) is 11.1 Å². The van der Waals surface area contributed by atoms with Crippen LogP contribution in [0.5, 0.6) is 5.75 Å². The van der Waals surface area contributed by atoms with Crippen LogP contribution in [0.2, 0.25) is 0 Å². The maximum absolute atomic E-state index is 5.64. The van der Waals surface area contributed by atoms with Gasteiger partial charge in [-0.15, -0.1) is 0 Å². The van der Waals surface area contributed by atoms with E-state index in [4.69, 9.17) is 15.2 Å². The highest BCUT2D eigenvalue weighted by Gasteiger charge is 2.21. The Bertz CT molecular complexity index is 563. The number of ether oxygens (including phenoxy) is 2. The van der Waals surface area contributed by atoms with E-state index < -0.39 is 0 Å². The number of nitrogens with one attached hydrogen (secondary N) is 1. The number of fused-ring (bicyclic) bond motifs is 1. The molecule has 0 spiro atoms. The zero-order valence-electron chi connectivity index (χ0n) is 9.49. The summed E-state index contributed by atoms with van der Waals surface area (Å²) in [5, 5.41) is 6.87. The maximum Gasteiger partial charge on any atom is 0.145 e. The summed E-state index contributed by atoms with van der Waals surface area (Å²) in [7, 11) is 1.65. The van der Waals surface area contributed by atoms with E-state index in [1.807, 2.05) is 12.1 Å². The number of methoxy groups -OCH3 is 1. The van der Waals surface area contributed by atoms with Gasteiger partial charge >= 0.3 is 0 Å². The molecule has 5 heteroatoms. The van der Waals surface area contributed by atoms with Gasteiger partial charge in [-0.25, -0.2) is 0 Å². The van der Waals surface area contributed by atoms with Gasteiger partial charge in [0.1, 0.15) is 11.6 Å². The van der Waals surface area contributed by atoms with Crippen LogP contribution >= 0.6 is 0 Å². The molecule has 0 bridgehead atoms. The Labute approximate surface area is 98.5 Å². The van der Waals surface area contributed by atoms with E-state index in [0.29, 0.717) is 19.0 Å². The highest BCUT2D eigenvalue weighted by atomic mass is 16.5. The van der Waals surface area contributed by atoms with Crippen molar-refractivity contribution >= 4 is 5.82 Å². The molecule has 3 rings (SSSR count). The lowest BCUT2D eigenvalue weighted by Gasteiger charge is -2.10. The number of nitrogens with two attached hydrogens (primary N) is 1. The number of rotatable bonds is 2. The molecule has 0 saturated carbocycles. The third kappa shape index (κ3) is 1.55. The lowest BCUT2D eigenvalue weighted by atomic mass is 10.00. The third-order valence-electron chi connectivity index (χ3n) is 2.96. The van der Waals surface area contributed by atoms with Crippen LogP contribution in [0.25, 0.3) is 11.3 Å². The summed E-state index contributed by atoms with van der Waals surface area (Å²) in [5.74, 6) is 1.27. The Kier molecular flexibility index (Phi) is 2.26. The maximum atomic E-state index is 5.64. The van der Waals surface area contributed by atoms with Crippen LogP contribution in [-0.4, -0.2) is 17.3 Å². The fourth-order valence-electron chi connectivity index (χ4n) is 2.16. The number of nitrogen functional groups attached to an aromatic ring is 1. The number of nitrogens with zero attached hydrogens (tertiary/aromatic N) is 1. The SMILES string of the molecule is COc1ccc2c(c1-c1cc(N)n[nH]1)COC2. The normalized spacial score (nSPS) is 13.7. The fraction of sp³-hybridized carbons (Fsp3) is 0.250. The van der Waals surface area contributed by atoms with Crippen molar-refractivity contribution in [3.8, 4) is 17.0 Å². The first kappa shape index (κ1) is 10.2. The molecule has 1 aliphatic heterocycles. The van der Waals surface area contributed by atoms with Gasteiger partial charge in [0.15, 0.2) is 0 Å². The van der Waals surface area contributed by atoms with Crippen LogP contribution in [0.3, 0.4) is 0 Å². The molecule has 2 aromatic rings.